The van der Waals surface area contributed by atoms with E-state index in [-0.39, 0.29) is 24.6 Å². The molecule has 1 amide bonds. The summed E-state index contributed by atoms with van der Waals surface area (Å²) in [5, 5.41) is 11.9. The zero-order chi connectivity index (χ0) is 26.8. The molecule has 5 heterocycles. The van der Waals surface area contributed by atoms with Gasteiger partial charge in [0.15, 0.2) is 5.60 Å². The number of piperidine rings is 1. The Morgan fingerprint density at radius 1 is 1.21 bits per heavy atom. The van der Waals surface area contributed by atoms with E-state index in [1.54, 1.807) is 28.5 Å². The molecule has 0 saturated carbocycles. The second-order valence-electron chi connectivity index (χ2n) is 10.2. The highest BCUT2D eigenvalue weighted by Crippen LogP contribution is 2.40. The Kier molecular flexibility index (Phi) is 5.77. The molecule has 0 bridgehead atoms. The van der Waals surface area contributed by atoms with E-state index in [0.717, 1.165) is 29.4 Å². The van der Waals surface area contributed by atoms with Crippen LogP contribution in [0.4, 0.5) is 4.79 Å². The summed E-state index contributed by atoms with van der Waals surface area (Å²) in [4.78, 5) is 45.2. The quantitative estimate of drug-likeness (QED) is 0.395. The van der Waals surface area contributed by atoms with Crippen molar-refractivity contribution in [3.63, 3.8) is 0 Å². The molecule has 6 rings (SSSR count). The zero-order valence-electron chi connectivity index (χ0n) is 21.5. The van der Waals surface area contributed by atoms with E-state index in [0.29, 0.717) is 59.8 Å². The number of nitrogens with two attached hydrogens (primary N) is 1. The lowest BCUT2D eigenvalue weighted by Crippen LogP contribution is -2.44. The number of aliphatic hydroxyl groups is 1. The van der Waals surface area contributed by atoms with Gasteiger partial charge in [0.25, 0.3) is 5.56 Å². The number of amides is 1. The summed E-state index contributed by atoms with van der Waals surface area (Å²) in [7, 11) is 0. The van der Waals surface area contributed by atoms with E-state index in [1.807, 2.05) is 19.1 Å². The number of carbonyl (C=O) groups is 2. The Morgan fingerprint density at radius 3 is 2.68 bits per heavy atom. The molecule has 198 valence electrons. The van der Waals surface area contributed by atoms with Gasteiger partial charge >= 0.3 is 12.1 Å². The van der Waals surface area contributed by atoms with E-state index in [2.05, 4.69) is 0 Å². The van der Waals surface area contributed by atoms with Crippen LogP contribution in [0.3, 0.4) is 0 Å². The second kappa shape index (κ2) is 8.92. The van der Waals surface area contributed by atoms with Crippen LogP contribution in [-0.4, -0.2) is 50.8 Å². The van der Waals surface area contributed by atoms with E-state index >= 15 is 0 Å². The van der Waals surface area contributed by atoms with Crippen molar-refractivity contribution in [1.82, 2.24) is 14.5 Å². The maximum Gasteiger partial charge on any atom is 0.415 e. The summed E-state index contributed by atoms with van der Waals surface area (Å²) in [5.74, 6) is -0.314. The lowest BCUT2D eigenvalue weighted by atomic mass is 9.86. The molecule has 1 aromatic carbocycles. The van der Waals surface area contributed by atoms with Crippen LogP contribution in [0.25, 0.3) is 22.3 Å². The molecule has 3 aliphatic rings. The third-order valence-electron chi connectivity index (χ3n) is 8.13. The average molecular weight is 519 g/mol. The molecule has 1 saturated heterocycles. The van der Waals surface area contributed by atoms with Gasteiger partial charge in [-0.3, -0.25) is 4.79 Å². The summed E-state index contributed by atoms with van der Waals surface area (Å²) < 4.78 is 12.5. The van der Waals surface area contributed by atoms with Gasteiger partial charge in [-0.2, -0.15) is 0 Å². The summed E-state index contributed by atoms with van der Waals surface area (Å²) in [6.07, 6.45) is 1.87. The van der Waals surface area contributed by atoms with Gasteiger partial charge in [0.2, 0.25) is 0 Å². The molecule has 3 aromatic rings. The monoisotopic (exact) mass is 518 g/mol. The van der Waals surface area contributed by atoms with Crippen LogP contribution in [0.1, 0.15) is 55.4 Å². The second-order valence-corrected chi connectivity index (χ2v) is 10.2. The smallest absolute Gasteiger partial charge is 0.415 e. The highest BCUT2D eigenvalue weighted by Gasteiger charge is 2.45. The van der Waals surface area contributed by atoms with Crippen LogP contribution < -0.4 is 16.0 Å². The Morgan fingerprint density at radius 2 is 1.97 bits per heavy atom. The van der Waals surface area contributed by atoms with Crippen LogP contribution in [0.5, 0.6) is 5.75 Å². The van der Waals surface area contributed by atoms with Crippen molar-refractivity contribution in [3.05, 3.63) is 56.9 Å². The minimum atomic E-state index is -1.87. The Bertz CT molecular complexity index is 1560. The number of ether oxygens (including phenoxy) is 2. The number of carbonyl (C=O) groups excluding carboxylic acids is 2. The van der Waals surface area contributed by atoms with Gasteiger partial charge < -0.3 is 29.8 Å². The van der Waals surface area contributed by atoms with Crippen LogP contribution in [0.15, 0.2) is 29.1 Å². The highest BCUT2D eigenvalue weighted by molar-refractivity contribution is 5.90. The molecule has 10 heteroatoms. The van der Waals surface area contributed by atoms with E-state index in [4.69, 9.17) is 20.2 Å². The van der Waals surface area contributed by atoms with Crippen LogP contribution >= 0.6 is 0 Å². The zero-order valence-corrected chi connectivity index (χ0v) is 21.5. The van der Waals surface area contributed by atoms with Gasteiger partial charge in [0, 0.05) is 35.6 Å². The molecule has 1 atom stereocenters. The van der Waals surface area contributed by atoms with E-state index in [9.17, 15) is 19.5 Å². The van der Waals surface area contributed by atoms with Gasteiger partial charge in [-0.05, 0) is 55.5 Å². The number of benzene rings is 1. The number of pyridine rings is 2. The van der Waals surface area contributed by atoms with Crippen molar-refractivity contribution in [1.29, 1.82) is 0 Å². The minimum absolute atomic E-state index is 0.0890. The standard InChI is InChI=1S/C28H30N4O6/c1-3-17-18-11-16(38-27(35)31-9-7-15(29)8-10-31)5-6-22(18)30-24-19(17)13-32-23(24)12-21-20(25(32)33)14-37-26(34)28(21,36)4-2/h5-6,11-12,15,36H,3-4,7-10,13-14,29H2,1-2H3/t28-/m1/s1. The topological polar surface area (TPSA) is 137 Å². The van der Waals surface area contributed by atoms with Gasteiger partial charge in [0.1, 0.15) is 12.4 Å². The number of aromatic nitrogens is 2. The van der Waals surface area contributed by atoms with E-state index < -0.39 is 17.7 Å². The van der Waals surface area contributed by atoms with Crippen LogP contribution in [0.2, 0.25) is 0 Å². The van der Waals surface area contributed by atoms with Crippen molar-refractivity contribution in [2.24, 2.45) is 5.73 Å². The van der Waals surface area contributed by atoms with Gasteiger partial charge in [-0.25, -0.2) is 14.6 Å². The van der Waals surface area contributed by atoms with Gasteiger partial charge in [-0.15, -0.1) is 0 Å². The Balaban J connectivity index is 1.41. The molecule has 1 fully saturated rings. The number of esters is 1. The molecule has 10 nitrogen and oxygen atoms in total. The summed E-state index contributed by atoms with van der Waals surface area (Å²) in [6, 6.07) is 7.18. The van der Waals surface area contributed by atoms with Gasteiger partial charge in [-0.1, -0.05) is 13.8 Å². The van der Waals surface area contributed by atoms with Crippen LogP contribution in [0, 0.1) is 0 Å². The predicted octanol–water partition coefficient (Wildman–Crippen LogP) is 2.56. The fourth-order valence-corrected chi connectivity index (χ4v) is 5.86. The van der Waals surface area contributed by atoms with Crippen molar-refractivity contribution in [3.8, 4) is 17.1 Å². The molecule has 3 N–H and O–H groups in total. The molecule has 3 aliphatic heterocycles. The molecule has 2 aromatic heterocycles. The maximum absolute atomic E-state index is 13.5. The average Bonchev–Trinajstić information content (AvgIpc) is 3.28. The van der Waals surface area contributed by atoms with Crippen molar-refractivity contribution >= 4 is 23.0 Å². The Labute approximate surface area is 219 Å². The molecule has 0 aliphatic carbocycles. The van der Waals surface area contributed by atoms with Crippen molar-refractivity contribution in [2.45, 2.75) is 64.3 Å². The fraction of sp³-hybridized carbons (Fsp3) is 0.429. The number of hydrogen-bond donors (Lipinski definition) is 2. The van der Waals surface area contributed by atoms with Crippen molar-refractivity contribution in [2.75, 3.05) is 13.1 Å². The normalized spacial score (nSPS) is 20.6. The SMILES string of the molecule is CCc1c2c(nc3ccc(OC(=O)N4CCC(N)CC4)cc13)-c1cc3c(c(=O)n1C2)COC(=O)[C@@]3(O)CC. The molecule has 38 heavy (non-hydrogen) atoms. The molecule has 0 spiro atoms. The first-order valence-electron chi connectivity index (χ1n) is 13.1. The number of hydrogen-bond acceptors (Lipinski definition) is 8. The van der Waals surface area contributed by atoms with E-state index in [1.165, 1.54) is 0 Å². The first-order valence-corrected chi connectivity index (χ1v) is 13.1. The third-order valence-corrected chi connectivity index (χ3v) is 8.13. The summed E-state index contributed by atoms with van der Waals surface area (Å²) in [6.45, 7) is 5.01. The minimum Gasteiger partial charge on any atom is -0.458 e. The molecule has 0 unspecified atom stereocenters. The number of fused-ring (bicyclic) bond motifs is 5. The number of likely N-dealkylation sites (tertiary alicyclic amines) is 1. The number of rotatable bonds is 3. The number of cyclic esters (lactones) is 1. The summed E-state index contributed by atoms with van der Waals surface area (Å²) in [5.41, 5.74) is 8.21. The lowest BCUT2D eigenvalue weighted by Gasteiger charge is -2.31. The first kappa shape index (κ1) is 24.6. The predicted molar refractivity (Wildman–Crippen MR) is 139 cm³/mol. The summed E-state index contributed by atoms with van der Waals surface area (Å²) >= 11 is 0. The maximum atomic E-state index is 13.5. The number of nitrogens with zero attached hydrogens (tertiary/aromatic N) is 3. The van der Waals surface area contributed by atoms with Gasteiger partial charge in [0.05, 0.1) is 29.0 Å². The highest BCUT2D eigenvalue weighted by atomic mass is 16.6. The Hall–Kier alpha value is -3.76. The first-order chi connectivity index (χ1) is 18.2. The largest absolute Gasteiger partial charge is 0.458 e. The van der Waals surface area contributed by atoms with Crippen molar-refractivity contribution < 1.29 is 24.2 Å². The molecule has 0 radical (unpaired) electrons. The lowest BCUT2D eigenvalue weighted by molar-refractivity contribution is -0.172. The molecular weight excluding hydrogens is 488 g/mol. The fourth-order valence-electron chi connectivity index (χ4n) is 5.86. The third kappa shape index (κ3) is 3.62. The van der Waals surface area contributed by atoms with Crippen LogP contribution in [-0.2, 0) is 34.7 Å². The molecular formula is C28H30N4O6. The number of aryl methyl sites for hydroxylation is 1.